The Labute approximate surface area is 165 Å². The van der Waals surface area contributed by atoms with Crippen LogP contribution in [0.1, 0.15) is 43.6 Å². The van der Waals surface area contributed by atoms with Gasteiger partial charge in [-0.05, 0) is 43.2 Å². The van der Waals surface area contributed by atoms with Gasteiger partial charge in [-0.1, -0.05) is 43.3 Å². The fraction of sp³-hybridized carbons (Fsp3) is 0.455. The van der Waals surface area contributed by atoms with Gasteiger partial charge in [-0.2, -0.15) is 0 Å². The average molecular weight is 385 g/mol. The van der Waals surface area contributed by atoms with Crippen LogP contribution >= 0.6 is 11.3 Å². The molecule has 144 valence electrons. The van der Waals surface area contributed by atoms with E-state index in [9.17, 15) is 9.59 Å². The van der Waals surface area contributed by atoms with E-state index >= 15 is 0 Å². The van der Waals surface area contributed by atoms with Crippen LogP contribution in [-0.2, 0) is 22.7 Å². The molecule has 0 spiro atoms. The van der Waals surface area contributed by atoms with Crippen molar-refractivity contribution in [3.63, 3.8) is 0 Å². The topological polar surface area (TPSA) is 40.6 Å². The fourth-order valence-corrected chi connectivity index (χ4v) is 3.83. The molecule has 5 heteroatoms. The first-order chi connectivity index (χ1) is 13.1. The van der Waals surface area contributed by atoms with Crippen molar-refractivity contribution in [3.05, 3.63) is 58.3 Å². The molecule has 3 rings (SSSR count). The molecule has 0 radical (unpaired) electrons. The summed E-state index contributed by atoms with van der Waals surface area (Å²) in [4.78, 5) is 30.7. The Hall–Kier alpha value is -2.14. The highest BCUT2D eigenvalue weighted by Gasteiger charge is 2.36. The van der Waals surface area contributed by atoms with Crippen molar-refractivity contribution in [2.45, 2.75) is 52.2 Å². The minimum Gasteiger partial charge on any atom is -0.332 e. The van der Waals surface area contributed by atoms with Crippen molar-refractivity contribution in [2.24, 2.45) is 5.92 Å². The summed E-state index contributed by atoms with van der Waals surface area (Å²) >= 11 is 1.66. The zero-order chi connectivity index (χ0) is 19.2. The number of benzene rings is 1. The molecule has 4 nitrogen and oxygen atoms in total. The van der Waals surface area contributed by atoms with Gasteiger partial charge in [-0.3, -0.25) is 9.59 Å². The number of hydrogen-bond donors (Lipinski definition) is 0. The summed E-state index contributed by atoms with van der Waals surface area (Å²) in [5.74, 6) is 0.293. The first-order valence-electron chi connectivity index (χ1n) is 9.73. The number of nitrogens with zero attached hydrogens (tertiary/aromatic N) is 2. The third kappa shape index (κ3) is 5.42. The van der Waals surface area contributed by atoms with E-state index in [2.05, 4.69) is 13.0 Å². The molecule has 1 aliphatic rings. The standard InChI is InChI=1S/C22H28N2O2S/c1-3-17(2)24(22(26)19-11-12-19)16-21(25)23(15-20-10-7-13-27-20)14-18-8-5-4-6-9-18/h4-10,13,17,19H,3,11-12,14-16H2,1-2H3. The summed E-state index contributed by atoms with van der Waals surface area (Å²) in [6, 6.07) is 14.2. The van der Waals surface area contributed by atoms with Crippen molar-refractivity contribution >= 4 is 23.2 Å². The Balaban J connectivity index is 1.74. The molecule has 1 heterocycles. The van der Waals surface area contributed by atoms with Crippen LogP contribution < -0.4 is 0 Å². The van der Waals surface area contributed by atoms with Crippen LogP contribution in [0.5, 0.6) is 0 Å². The van der Waals surface area contributed by atoms with Gasteiger partial charge in [0.1, 0.15) is 6.54 Å². The molecule has 1 fully saturated rings. The lowest BCUT2D eigenvalue weighted by atomic mass is 10.1. The van der Waals surface area contributed by atoms with Crippen molar-refractivity contribution in [1.29, 1.82) is 0 Å². The summed E-state index contributed by atoms with van der Waals surface area (Å²) in [5, 5.41) is 2.03. The third-order valence-corrected chi connectivity index (χ3v) is 6.00. The molecule has 1 aliphatic carbocycles. The van der Waals surface area contributed by atoms with Crippen LogP contribution in [0, 0.1) is 5.92 Å². The Bertz CT molecular complexity index is 741. The Morgan fingerprint density at radius 2 is 1.85 bits per heavy atom. The largest absolute Gasteiger partial charge is 0.332 e. The molecule has 2 amide bonds. The maximum absolute atomic E-state index is 13.2. The lowest BCUT2D eigenvalue weighted by molar-refractivity contribution is -0.143. The minimum absolute atomic E-state index is 0.0153. The van der Waals surface area contributed by atoms with E-state index in [1.807, 2.05) is 53.6 Å². The highest BCUT2D eigenvalue weighted by Crippen LogP contribution is 2.32. The van der Waals surface area contributed by atoms with Crippen LogP contribution in [0.25, 0.3) is 0 Å². The molecule has 2 aromatic rings. The second kappa shape index (κ2) is 9.18. The van der Waals surface area contributed by atoms with Crippen molar-refractivity contribution in [2.75, 3.05) is 6.54 Å². The average Bonchev–Trinajstić information content (AvgIpc) is 3.42. The second-order valence-electron chi connectivity index (χ2n) is 7.31. The summed E-state index contributed by atoms with van der Waals surface area (Å²) in [5.41, 5.74) is 1.10. The molecule has 1 saturated carbocycles. The molecular weight excluding hydrogens is 356 g/mol. The van der Waals surface area contributed by atoms with Gasteiger partial charge in [0.2, 0.25) is 11.8 Å². The first kappa shape index (κ1) is 19.6. The molecule has 0 saturated heterocycles. The Kier molecular flexibility index (Phi) is 6.67. The number of hydrogen-bond acceptors (Lipinski definition) is 3. The van der Waals surface area contributed by atoms with Crippen LogP contribution in [0.3, 0.4) is 0 Å². The van der Waals surface area contributed by atoms with Crippen molar-refractivity contribution < 1.29 is 9.59 Å². The molecule has 0 N–H and O–H groups in total. The van der Waals surface area contributed by atoms with Crippen LogP contribution in [0.2, 0.25) is 0 Å². The van der Waals surface area contributed by atoms with Gasteiger partial charge in [0, 0.05) is 23.4 Å². The van der Waals surface area contributed by atoms with Gasteiger partial charge in [0.15, 0.2) is 0 Å². The number of rotatable bonds is 9. The van der Waals surface area contributed by atoms with Crippen molar-refractivity contribution in [1.82, 2.24) is 9.80 Å². The number of thiophene rings is 1. The zero-order valence-electron chi connectivity index (χ0n) is 16.1. The predicted molar refractivity (Wildman–Crippen MR) is 109 cm³/mol. The molecule has 1 atom stereocenters. The SMILES string of the molecule is CCC(C)N(CC(=O)N(Cc1ccccc1)Cc1cccs1)C(=O)C1CC1. The van der Waals surface area contributed by atoms with E-state index in [4.69, 9.17) is 0 Å². The van der Waals surface area contributed by atoms with Crippen LogP contribution in [-0.4, -0.2) is 34.2 Å². The molecule has 1 aromatic carbocycles. The summed E-state index contributed by atoms with van der Waals surface area (Å²) in [6.07, 6.45) is 2.78. The molecule has 1 aromatic heterocycles. The smallest absolute Gasteiger partial charge is 0.242 e. The van der Waals surface area contributed by atoms with E-state index in [0.29, 0.717) is 13.1 Å². The monoisotopic (exact) mass is 384 g/mol. The summed E-state index contributed by atoms with van der Waals surface area (Å²) in [7, 11) is 0. The van der Waals surface area contributed by atoms with Crippen LogP contribution in [0.15, 0.2) is 47.8 Å². The lowest BCUT2D eigenvalue weighted by Crippen LogP contribution is -2.46. The normalized spacial score (nSPS) is 14.6. The van der Waals surface area contributed by atoms with Crippen molar-refractivity contribution in [3.8, 4) is 0 Å². The van der Waals surface area contributed by atoms with Gasteiger partial charge in [-0.25, -0.2) is 0 Å². The van der Waals surface area contributed by atoms with E-state index < -0.39 is 0 Å². The predicted octanol–water partition coefficient (Wildman–Crippen LogP) is 4.31. The maximum atomic E-state index is 13.2. The molecule has 1 unspecified atom stereocenters. The highest BCUT2D eigenvalue weighted by molar-refractivity contribution is 7.09. The van der Waals surface area contributed by atoms with Gasteiger partial charge < -0.3 is 9.80 Å². The fourth-order valence-electron chi connectivity index (χ4n) is 3.11. The molecule has 27 heavy (non-hydrogen) atoms. The Morgan fingerprint density at radius 1 is 1.11 bits per heavy atom. The zero-order valence-corrected chi connectivity index (χ0v) is 17.0. The molecule has 0 bridgehead atoms. The van der Waals surface area contributed by atoms with E-state index in [-0.39, 0.29) is 30.3 Å². The first-order valence-corrected chi connectivity index (χ1v) is 10.6. The number of amides is 2. The lowest BCUT2D eigenvalue weighted by Gasteiger charge is -2.31. The van der Waals surface area contributed by atoms with E-state index in [1.165, 1.54) is 0 Å². The van der Waals surface area contributed by atoms with E-state index in [1.54, 1.807) is 16.2 Å². The van der Waals surface area contributed by atoms with Gasteiger partial charge in [0.05, 0.1) is 6.54 Å². The van der Waals surface area contributed by atoms with Gasteiger partial charge >= 0.3 is 0 Å². The maximum Gasteiger partial charge on any atom is 0.242 e. The quantitative estimate of drug-likeness (QED) is 0.646. The minimum atomic E-state index is 0.0153. The highest BCUT2D eigenvalue weighted by atomic mass is 32.1. The molecular formula is C22H28N2O2S. The van der Waals surface area contributed by atoms with Gasteiger partial charge in [-0.15, -0.1) is 11.3 Å². The number of carbonyl (C=O) groups is 2. The summed E-state index contributed by atoms with van der Waals surface area (Å²) in [6.45, 7) is 5.41. The second-order valence-corrected chi connectivity index (χ2v) is 8.34. The van der Waals surface area contributed by atoms with E-state index in [0.717, 1.165) is 29.7 Å². The Morgan fingerprint density at radius 3 is 2.44 bits per heavy atom. The summed E-state index contributed by atoms with van der Waals surface area (Å²) < 4.78 is 0. The van der Waals surface area contributed by atoms with Crippen LogP contribution in [0.4, 0.5) is 0 Å². The number of carbonyl (C=O) groups excluding carboxylic acids is 2. The molecule has 0 aliphatic heterocycles. The van der Waals surface area contributed by atoms with Gasteiger partial charge in [0.25, 0.3) is 0 Å². The third-order valence-electron chi connectivity index (χ3n) is 5.13.